The summed E-state index contributed by atoms with van der Waals surface area (Å²) in [5.74, 6) is 0.616. The number of nitrogens with one attached hydrogen (secondary N) is 1. The molecule has 0 aromatic carbocycles. The van der Waals surface area contributed by atoms with Crippen molar-refractivity contribution in [2.45, 2.75) is 20.3 Å². The van der Waals surface area contributed by atoms with Crippen molar-refractivity contribution in [3.05, 3.63) is 12.3 Å². The molecular weight excluding hydrogens is 194 g/mol. The number of carbonyl (C=O) groups is 1. The summed E-state index contributed by atoms with van der Waals surface area (Å²) in [5.41, 5.74) is 5.55. The van der Waals surface area contributed by atoms with Gasteiger partial charge in [0.1, 0.15) is 6.26 Å². The van der Waals surface area contributed by atoms with Gasteiger partial charge < -0.3 is 15.6 Å². The first-order chi connectivity index (χ1) is 7.13. The number of carbonyl (C=O) groups excluding carboxylic acids is 1. The summed E-state index contributed by atoms with van der Waals surface area (Å²) < 4.78 is 4.61. The minimum Gasteiger partial charge on any atom is -0.363 e. The zero-order valence-corrected chi connectivity index (χ0v) is 9.06. The number of nitrogens with zero attached hydrogens (tertiary/aromatic N) is 1. The van der Waals surface area contributed by atoms with Crippen molar-refractivity contribution in [1.82, 2.24) is 5.16 Å². The van der Waals surface area contributed by atoms with E-state index in [4.69, 9.17) is 5.73 Å². The highest BCUT2D eigenvalue weighted by atomic mass is 16.5. The molecule has 1 unspecified atom stereocenters. The molecule has 1 rings (SSSR count). The van der Waals surface area contributed by atoms with Gasteiger partial charge in [0.05, 0.1) is 5.92 Å². The predicted molar refractivity (Wildman–Crippen MR) is 57.1 cm³/mol. The van der Waals surface area contributed by atoms with Crippen LogP contribution in [0.2, 0.25) is 0 Å². The van der Waals surface area contributed by atoms with Gasteiger partial charge in [-0.15, -0.1) is 0 Å². The van der Waals surface area contributed by atoms with E-state index in [1.165, 1.54) is 6.26 Å². The maximum absolute atomic E-state index is 11.7. The molecule has 1 amide bonds. The van der Waals surface area contributed by atoms with Gasteiger partial charge in [-0.3, -0.25) is 4.79 Å². The summed E-state index contributed by atoms with van der Waals surface area (Å²) in [6.07, 6.45) is 2.19. The fraction of sp³-hybridized carbons (Fsp3) is 0.600. The summed E-state index contributed by atoms with van der Waals surface area (Å²) >= 11 is 0. The summed E-state index contributed by atoms with van der Waals surface area (Å²) in [6, 6.07) is 1.60. The second kappa shape index (κ2) is 5.50. The van der Waals surface area contributed by atoms with Gasteiger partial charge in [-0.1, -0.05) is 19.0 Å². The van der Waals surface area contributed by atoms with Gasteiger partial charge in [-0.05, 0) is 12.3 Å². The Bertz CT molecular complexity index is 296. The number of amides is 1. The third-order valence-corrected chi connectivity index (χ3v) is 2.10. The van der Waals surface area contributed by atoms with Crippen LogP contribution in [0.4, 0.5) is 5.82 Å². The van der Waals surface area contributed by atoms with Crippen LogP contribution in [-0.4, -0.2) is 17.6 Å². The fourth-order valence-electron chi connectivity index (χ4n) is 1.38. The molecule has 0 fully saturated rings. The predicted octanol–water partition coefficient (Wildman–Crippen LogP) is 1.23. The lowest BCUT2D eigenvalue weighted by Crippen LogP contribution is -2.30. The normalized spacial score (nSPS) is 12.8. The molecule has 1 aromatic heterocycles. The smallest absolute Gasteiger partial charge is 0.230 e. The lowest BCUT2D eigenvalue weighted by molar-refractivity contribution is -0.120. The average Bonchev–Trinajstić information content (AvgIpc) is 2.66. The summed E-state index contributed by atoms with van der Waals surface area (Å²) in [7, 11) is 0. The summed E-state index contributed by atoms with van der Waals surface area (Å²) in [6.45, 7) is 4.47. The maximum Gasteiger partial charge on any atom is 0.230 e. The van der Waals surface area contributed by atoms with Crippen LogP contribution in [0.3, 0.4) is 0 Å². The molecule has 0 saturated carbocycles. The molecule has 0 spiro atoms. The second-order valence-electron chi connectivity index (χ2n) is 3.94. The van der Waals surface area contributed by atoms with Gasteiger partial charge in [0, 0.05) is 12.6 Å². The van der Waals surface area contributed by atoms with Crippen LogP contribution in [0, 0.1) is 11.8 Å². The zero-order chi connectivity index (χ0) is 11.3. The van der Waals surface area contributed by atoms with Crippen LogP contribution >= 0.6 is 0 Å². The number of anilines is 1. The van der Waals surface area contributed by atoms with Crippen LogP contribution in [0.15, 0.2) is 16.9 Å². The van der Waals surface area contributed by atoms with E-state index < -0.39 is 0 Å². The van der Waals surface area contributed by atoms with E-state index in [9.17, 15) is 4.79 Å². The molecule has 0 bridgehead atoms. The zero-order valence-electron chi connectivity index (χ0n) is 9.06. The SMILES string of the molecule is CC(C)CC(CN)C(=O)Nc1ccon1. The van der Waals surface area contributed by atoms with Gasteiger partial charge in [0.25, 0.3) is 0 Å². The molecule has 84 valence electrons. The number of hydrogen-bond acceptors (Lipinski definition) is 4. The Balaban J connectivity index is 2.50. The Labute approximate surface area is 89.0 Å². The monoisotopic (exact) mass is 211 g/mol. The van der Waals surface area contributed by atoms with Gasteiger partial charge >= 0.3 is 0 Å². The third kappa shape index (κ3) is 3.71. The first-order valence-corrected chi connectivity index (χ1v) is 5.04. The molecule has 5 heteroatoms. The van der Waals surface area contributed by atoms with Crippen molar-refractivity contribution >= 4 is 11.7 Å². The number of hydrogen-bond donors (Lipinski definition) is 2. The topological polar surface area (TPSA) is 81.2 Å². The van der Waals surface area contributed by atoms with E-state index in [-0.39, 0.29) is 11.8 Å². The minimum absolute atomic E-state index is 0.0971. The van der Waals surface area contributed by atoms with Crippen molar-refractivity contribution < 1.29 is 9.32 Å². The van der Waals surface area contributed by atoms with Crippen LogP contribution in [0.25, 0.3) is 0 Å². The van der Waals surface area contributed by atoms with E-state index in [1.807, 2.05) is 0 Å². The molecule has 0 radical (unpaired) electrons. The average molecular weight is 211 g/mol. The highest BCUT2D eigenvalue weighted by molar-refractivity contribution is 5.91. The quantitative estimate of drug-likeness (QED) is 0.767. The van der Waals surface area contributed by atoms with Gasteiger partial charge in [0.2, 0.25) is 5.91 Å². The molecule has 0 aliphatic heterocycles. The molecule has 5 nitrogen and oxygen atoms in total. The molecule has 3 N–H and O–H groups in total. The Morgan fingerprint density at radius 1 is 1.67 bits per heavy atom. The molecule has 1 heterocycles. The van der Waals surface area contributed by atoms with Crippen molar-refractivity contribution in [3.63, 3.8) is 0 Å². The van der Waals surface area contributed by atoms with Crippen LogP contribution < -0.4 is 11.1 Å². The number of aromatic nitrogens is 1. The highest BCUT2D eigenvalue weighted by Gasteiger charge is 2.18. The molecule has 1 atom stereocenters. The van der Waals surface area contributed by atoms with E-state index >= 15 is 0 Å². The molecule has 15 heavy (non-hydrogen) atoms. The van der Waals surface area contributed by atoms with Gasteiger partial charge in [-0.2, -0.15) is 0 Å². The van der Waals surface area contributed by atoms with Gasteiger partial charge in [0.15, 0.2) is 5.82 Å². The third-order valence-electron chi connectivity index (χ3n) is 2.10. The van der Waals surface area contributed by atoms with Crippen LogP contribution in [-0.2, 0) is 4.79 Å². The van der Waals surface area contributed by atoms with E-state index in [2.05, 4.69) is 28.8 Å². The van der Waals surface area contributed by atoms with Crippen molar-refractivity contribution in [2.24, 2.45) is 17.6 Å². The molecule has 0 aliphatic rings. The van der Waals surface area contributed by atoms with E-state index in [0.29, 0.717) is 18.3 Å². The fourth-order valence-corrected chi connectivity index (χ4v) is 1.38. The molecule has 1 aromatic rings. The van der Waals surface area contributed by atoms with E-state index in [0.717, 1.165) is 6.42 Å². The van der Waals surface area contributed by atoms with E-state index in [1.54, 1.807) is 6.07 Å². The van der Waals surface area contributed by atoms with Crippen LogP contribution in [0.5, 0.6) is 0 Å². The summed E-state index contributed by atoms with van der Waals surface area (Å²) in [4.78, 5) is 11.7. The Morgan fingerprint density at radius 2 is 2.40 bits per heavy atom. The lowest BCUT2D eigenvalue weighted by atomic mass is 9.96. The standard InChI is InChI=1S/C10H17N3O2/c1-7(2)5-8(6-11)10(14)12-9-3-4-15-13-9/h3-4,7-8H,5-6,11H2,1-2H3,(H,12,13,14). The molecular formula is C10H17N3O2. The Morgan fingerprint density at radius 3 is 2.87 bits per heavy atom. The van der Waals surface area contributed by atoms with Crippen LogP contribution in [0.1, 0.15) is 20.3 Å². The number of rotatable bonds is 5. The minimum atomic E-state index is -0.165. The second-order valence-corrected chi connectivity index (χ2v) is 3.94. The first-order valence-electron chi connectivity index (χ1n) is 5.04. The van der Waals surface area contributed by atoms with Crippen molar-refractivity contribution in [2.75, 3.05) is 11.9 Å². The molecule has 0 aliphatic carbocycles. The largest absolute Gasteiger partial charge is 0.363 e. The first kappa shape index (κ1) is 11.7. The Hall–Kier alpha value is -1.36. The lowest BCUT2D eigenvalue weighted by Gasteiger charge is -2.15. The highest BCUT2D eigenvalue weighted by Crippen LogP contribution is 2.13. The van der Waals surface area contributed by atoms with Gasteiger partial charge in [-0.25, -0.2) is 0 Å². The summed E-state index contributed by atoms with van der Waals surface area (Å²) in [5, 5.41) is 6.26. The maximum atomic E-state index is 11.7. The van der Waals surface area contributed by atoms with Crippen molar-refractivity contribution in [3.8, 4) is 0 Å². The molecule has 0 saturated heterocycles. The number of nitrogens with two attached hydrogens (primary N) is 1. The Kier molecular flexibility index (Phi) is 4.30. The van der Waals surface area contributed by atoms with Crippen molar-refractivity contribution in [1.29, 1.82) is 0 Å².